The minimum absolute atomic E-state index is 0.227. The first-order valence-corrected chi connectivity index (χ1v) is 12.7. The fourth-order valence-corrected chi connectivity index (χ4v) is 7.07. The SMILES string of the molecule is NC1CNC(C2CCCCCCC3CC3CC2)CC1N1CCN2C(=O)CC[C@H]2C1. The second-order valence-electron chi connectivity index (χ2n) is 10.8. The predicted molar refractivity (Wildman–Crippen MR) is 117 cm³/mol. The van der Waals surface area contributed by atoms with Gasteiger partial charge in [-0.25, -0.2) is 0 Å². The first kappa shape index (κ1) is 20.3. The first-order valence-electron chi connectivity index (χ1n) is 12.7. The van der Waals surface area contributed by atoms with Gasteiger partial charge in [-0.05, 0) is 56.3 Å². The van der Waals surface area contributed by atoms with Crippen LogP contribution in [0.1, 0.15) is 77.0 Å². The van der Waals surface area contributed by atoms with Crippen molar-refractivity contribution in [1.82, 2.24) is 15.1 Å². The van der Waals surface area contributed by atoms with Crippen LogP contribution in [0.5, 0.6) is 0 Å². The van der Waals surface area contributed by atoms with E-state index in [2.05, 4.69) is 15.1 Å². The number of hydrogen-bond acceptors (Lipinski definition) is 4. The number of piperazine rings is 1. The Labute approximate surface area is 177 Å². The molecule has 0 aromatic heterocycles. The minimum atomic E-state index is 0.227. The summed E-state index contributed by atoms with van der Waals surface area (Å²) in [4.78, 5) is 16.8. The molecule has 3 N–H and O–H groups in total. The van der Waals surface area contributed by atoms with Gasteiger partial charge in [-0.1, -0.05) is 32.1 Å². The van der Waals surface area contributed by atoms with E-state index in [9.17, 15) is 4.79 Å². The standard InChI is InChI=1S/C24H42N4O/c25-21-15-26-22(17-5-3-1-2-4-6-18-13-19(18)8-7-17)14-23(21)27-11-12-28-20(16-27)9-10-24(28)29/h17-23,26H,1-16,25H2/t17?,18?,19?,20-,21?,22?,23?/m0/s1. The van der Waals surface area contributed by atoms with Crippen LogP contribution in [0.4, 0.5) is 0 Å². The number of piperidine rings is 1. The Kier molecular flexibility index (Phi) is 6.18. The van der Waals surface area contributed by atoms with Gasteiger partial charge in [0.05, 0.1) is 0 Å². The van der Waals surface area contributed by atoms with Crippen molar-refractivity contribution in [3.63, 3.8) is 0 Å². The van der Waals surface area contributed by atoms with Crippen LogP contribution in [0.2, 0.25) is 0 Å². The fraction of sp³-hybridized carbons (Fsp3) is 0.958. The third-order valence-electron chi connectivity index (χ3n) is 9.05. The Bertz CT molecular complexity index is 583. The third kappa shape index (κ3) is 4.52. The van der Waals surface area contributed by atoms with Gasteiger partial charge in [-0.3, -0.25) is 9.69 Å². The Balaban J connectivity index is 1.21. The van der Waals surface area contributed by atoms with Crippen LogP contribution < -0.4 is 11.1 Å². The van der Waals surface area contributed by atoms with Crippen molar-refractivity contribution in [3.8, 4) is 0 Å². The van der Waals surface area contributed by atoms with E-state index in [-0.39, 0.29) is 6.04 Å². The maximum atomic E-state index is 12.1. The zero-order chi connectivity index (χ0) is 19.8. The van der Waals surface area contributed by atoms with Crippen molar-refractivity contribution in [2.24, 2.45) is 23.5 Å². The van der Waals surface area contributed by atoms with E-state index in [1.165, 1.54) is 64.2 Å². The van der Waals surface area contributed by atoms with Crippen molar-refractivity contribution in [2.45, 2.75) is 101 Å². The number of carbonyl (C=O) groups excluding carboxylic acids is 1. The summed E-state index contributed by atoms with van der Waals surface area (Å²) in [7, 11) is 0. The molecule has 0 aromatic carbocycles. The molecule has 2 saturated carbocycles. The summed E-state index contributed by atoms with van der Waals surface area (Å²) in [5.74, 6) is 3.32. The lowest BCUT2D eigenvalue weighted by atomic mass is 9.81. The zero-order valence-electron chi connectivity index (χ0n) is 18.2. The van der Waals surface area contributed by atoms with Gasteiger partial charge in [0, 0.05) is 56.8 Å². The summed E-state index contributed by atoms with van der Waals surface area (Å²) in [6, 6.07) is 1.80. The maximum Gasteiger partial charge on any atom is 0.222 e. The molecule has 0 radical (unpaired) electrons. The maximum absolute atomic E-state index is 12.1. The molecule has 1 amide bonds. The Morgan fingerprint density at radius 3 is 2.48 bits per heavy atom. The Hall–Kier alpha value is -0.650. The van der Waals surface area contributed by atoms with Crippen LogP contribution in [0.3, 0.4) is 0 Å². The van der Waals surface area contributed by atoms with Crippen molar-refractivity contribution in [1.29, 1.82) is 0 Å². The highest BCUT2D eigenvalue weighted by molar-refractivity contribution is 5.78. The quantitative estimate of drug-likeness (QED) is 0.746. The summed E-state index contributed by atoms with van der Waals surface area (Å²) in [6.07, 6.45) is 16.1. The van der Waals surface area contributed by atoms with Gasteiger partial charge >= 0.3 is 0 Å². The Morgan fingerprint density at radius 1 is 0.862 bits per heavy atom. The number of rotatable bonds is 2. The molecule has 3 heterocycles. The number of nitrogens with one attached hydrogen (secondary N) is 1. The van der Waals surface area contributed by atoms with Crippen molar-refractivity contribution < 1.29 is 4.79 Å². The molecule has 5 rings (SSSR count). The summed E-state index contributed by atoms with van der Waals surface area (Å²) >= 11 is 0. The van der Waals surface area contributed by atoms with Gasteiger partial charge in [-0.15, -0.1) is 0 Å². The number of carbonyl (C=O) groups is 1. The molecule has 5 nitrogen and oxygen atoms in total. The summed E-state index contributed by atoms with van der Waals surface area (Å²) in [5.41, 5.74) is 6.63. The molecule has 6 unspecified atom stereocenters. The monoisotopic (exact) mass is 402 g/mol. The number of nitrogens with two attached hydrogens (primary N) is 1. The molecule has 3 aliphatic heterocycles. The fourth-order valence-electron chi connectivity index (χ4n) is 7.07. The molecule has 29 heavy (non-hydrogen) atoms. The van der Waals surface area contributed by atoms with E-state index in [4.69, 9.17) is 5.73 Å². The van der Waals surface area contributed by atoms with Crippen molar-refractivity contribution in [3.05, 3.63) is 0 Å². The average molecular weight is 403 g/mol. The number of amides is 1. The molecule has 164 valence electrons. The van der Waals surface area contributed by atoms with E-state index >= 15 is 0 Å². The van der Waals surface area contributed by atoms with Gasteiger partial charge in [0.2, 0.25) is 5.91 Å². The number of nitrogens with zero attached hydrogens (tertiary/aromatic N) is 2. The van der Waals surface area contributed by atoms with Gasteiger partial charge in [0.1, 0.15) is 0 Å². The van der Waals surface area contributed by atoms with Crippen LogP contribution in [-0.2, 0) is 4.79 Å². The molecule has 5 fully saturated rings. The lowest BCUT2D eigenvalue weighted by molar-refractivity contribution is -0.131. The van der Waals surface area contributed by atoms with E-state index in [0.29, 0.717) is 24.0 Å². The average Bonchev–Trinajstić information content (AvgIpc) is 3.39. The minimum Gasteiger partial charge on any atom is -0.337 e. The Morgan fingerprint density at radius 2 is 1.62 bits per heavy atom. The van der Waals surface area contributed by atoms with Gasteiger partial charge in [-0.2, -0.15) is 0 Å². The molecule has 5 heteroatoms. The molecule has 2 aliphatic carbocycles. The normalized spacial score (nSPS) is 44.7. The van der Waals surface area contributed by atoms with E-state index < -0.39 is 0 Å². The molecule has 3 saturated heterocycles. The molecule has 0 spiro atoms. The van der Waals surface area contributed by atoms with E-state index in [1.54, 1.807) is 0 Å². The second kappa shape index (κ2) is 8.84. The first-order chi connectivity index (χ1) is 14.2. The summed E-state index contributed by atoms with van der Waals surface area (Å²) in [5, 5.41) is 3.87. The van der Waals surface area contributed by atoms with Crippen molar-refractivity contribution >= 4 is 5.91 Å². The third-order valence-corrected chi connectivity index (χ3v) is 9.05. The molecule has 7 atom stereocenters. The van der Waals surface area contributed by atoms with Crippen LogP contribution in [0.15, 0.2) is 0 Å². The lowest BCUT2D eigenvalue weighted by Gasteiger charge is -2.48. The van der Waals surface area contributed by atoms with Crippen LogP contribution in [-0.4, -0.2) is 66.1 Å². The number of hydrogen-bond donors (Lipinski definition) is 2. The molecular weight excluding hydrogens is 360 g/mol. The highest BCUT2D eigenvalue weighted by Gasteiger charge is 2.42. The van der Waals surface area contributed by atoms with Crippen molar-refractivity contribution in [2.75, 3.05) is 26.2 Å². The highest BCUT2D eigenvalue weighted by Crippen LogP contribution is 2.47. The van der Waals surface area contributed by atoms with E-state index in [0.717, 1.165) is 56.8 Å². The summed E-state index contributed by atoms with van der Waals surface area (Å²) < 4.78 is 0. The summed E-state index contributed by atoms with van der Waals surface area (Å²) in [6.45, 7) is 3.94. The van der Waals surface area contributed by atoms with Crippen LogP contribution >= 0.6 is 0 Å². The molecule has 0 aromatic rings. The van der Waals surface area contributed by atoms with E-state index in [1.807, 2.05) is 0 Å². The largest absolute Gasteiger partial charge is 0.337 e. The smallest absolute Gasteiger partial charge is 0.222 e. The van der Waals surface area contributed by atoms with Gasteiger partial charge in [0.25, 0.3) is 0 Å². The highest BCUT2D eigenvalue weighted by atomic mass is 16.2. The topological polar surface area (TPSA) is 61.6 Å². The molecule has 0 bridgehead atoms. The predicted octanol–water partition coefficient (Wildman–Crippen LogP) is 2.74. The van der Waals surface area contributed by atoms with Crippen LogP contribution in [0, 0.1) is 17.8 Å². The molecular formula is C24H42N4O. The number of fused-ring (bicyclic) bond motifs is 2. The van der Waals surface area contributed by atoms with Gasteiger partial charge in [0.15, 0.2) is 0 Å². The molecule has 5 aliphatic rings. The zero-order valence-corrected chi connectivity index (χ0v) is 18.2. The lowest BCUT2D eigenvalue weighted by Crippen LogP contribution is -2.65. The second-order valence-corrected chi connectivity index (χ2v) is 10.8. The van der Waals surface area contributed by atoms with Gasteiger partial charge < -0.3 is 16.0 Å². The van der Waals surface area contributed by atoms with Crippen LogP contribution in [0.25, 0.3) is 0 Å².